The van der Waals surface area contributed by atoms with Crippen LogP contribution >= 0.6 is 0 Å². The zero-order valence-corrected chi connectivity index (χ0v) is 8.81. The molecule has 0 bridgehead atoms. The Kier molecular flexibility index (Phi) is 4.26. The van der Waals surface area contributed by atoms with Crippen molar-refractivity contribution in [2.24, 2.45) is 5.92 Å². The highest BCUT2D eigenvalue weighted by molar-refractivity contribution is 5.75. The van der Waals surface area contributed by atoms with Gasteiger partial charge in [0.05, 0.1) is 0 Å². The lowest BCUT2D eigenvalue weighted by Gasteiger charge is -2.28. The van der Waals surface area contributed by atoms with Gasteiger partial charge in [0.15, 0.2) is 0 Å². The molecule has 0 aromatic carbocycles. The summed E-state index contributed by atoms with van der Waals surface area (Å²) in [5.41, 5.74) is 0. The fourth-order valence-electron chi connectivity index (χ4n) is 2.12. The van der Waals surface area contributed by atoms with Gasteiger partial charge in [0, 0.05) is 13.9 Å². The van der Waals surface area contributed by atoms with E-state index in [0.29, 0.717) is 12.5 Å². The van der Waals surface area contributed by atoms with Crippen LogP contribution < -0.4 is 5.32 Å². The average Bonchev–Trinajstić information content (AvgIpc) is 2.18. The molecular formula is C11H23NO. The van der Waals surface area contributed by atoms with Crippen molar-refractivity contribution in [3.63, 3.8) is 0 Å². The van der Waals surface area contributed by atoms with Crippen molar-refractivity contribution in [3.8, 4) is 0 Å². The van der Waals surface area contributed by atoms with Crippen LogP contribution in [0.3, 0.4) is 0 Å². The van der Waals surface area contributed by atoms with E-state index in [0.717, 1.165) is 5.92 Å². The quantitative estimate of drug-likeness (QED) is 0.719. The molecule has 1 saturated carbocycles. The summed E-state index contributed by atoms with van der Waals surface area (Å²) in [5.74, 6) is 1.05. The van der Waals surface area contributed by atoms with E-state index in [1.54, 1.807) is 0 Å². The number of carbonyl (C=O) groups excluding carboxylic acids is 1. The summed E-state index contributed by atoms with van der Waals surface area (Å²) in [6.45, 7) is 4.16. The van der Waals surface area contributed by atoms with Crippen LogP contribution in [-0.2, 0) is 4.79 Å². The van der Waals surface area contributed by atoms with E-state index in [9.17, 15) is 4.79 Å². The van der Waals surface area contributed by atoms with E-state index >= 15 is 0 Å². The van der Waals surface area contributed by atoms with Gasteiger partial charge in [-0.15, -0.1) is 0 Å². The number of hydrogen-bond acceptors (Lipinski definition) is 1. The van der Waals surface area contributed by atoms with Crippen molar-refractivity contribution < 1.29 is 6.22 Å². The van der Waals surface area contributed by atoms with Gasteiger partial charge in [-0.2, -0.15) is 0 Å². The third-order valence-corrected chi connectivity index (χ3v) is 3.05. The van der Waals surface area contributed by atoms with Crippen LogP contribution in [0, 0.1) is 5.92 Å². The summed E-state index contributed by atoms with van der Waals surface area (Å²) < 4.78 is 0. The van der Waals surface area contributed by atoms with Gasteiger partial charge in [-0.25, -0.2) is 0 Å². The number of rotatable bonds is 3. The SMILES string of the molecule is CCC(=O)NC1CCCC(CC)C1.[HH]. The largest absolute Gasteiger partial charge is 0.353 e. The van der Waals surface area contributed by atoms with E-state index in [-0.39, 0.29) is 7.33 Å². The maximum atomic E-state index is 11.2. The fourth-order valence-corrected chi connectivity index (χ4v) is 2.12. The molecule has 0 saturated heterocycles. The first-order chi connectivity index (χ1) is 6.26. The standard InChI is InChI=1S/C11H21NO.H2/c1-3-9-6-5-7-10(8-9)12-11(13)4-2;/h9-10H,3-8H2,1-2H3,(H,12,13);1H. The lowest BCUT2D eigenvalue weighted by Crippen LogP contribution is -2.37. The van der Waals surface area contributed by atoms with Crippen molar-refractivity contribution in [1.29, 1.82) is 0 Å². The van der Waals surface area contributed by atoms with Crippen molar-refractivity contribution in [3.05, 3.63) is 0 Å². The second kappa shape index (κ2) is 5.25. The Balaban J connectivity index is 0.00000169. The number of amides is 1. The molecular weight excluding hydrogens is 162 g/mol. The molecule has 1 amide bonds. The summed E-state index contributed by atoms with van der Waals surface area (Å²) in [6, 6.07) is 0.464. The Labute approximate surface area is 82.6 Å². The summed E-state index contributed by atoms with van der Waals surface area (Å²) in [7, 11) is 0. The van der Waals surface area contributed by atoms with Crippen LogP contribution in [0.5, 0.6) is 0 Å². The predicted octanol–water partition coefficient (Wildman–Crippen LogP) is 2.73. The molecule has 0 aliphatic heterocycles. The lowest BCUT2D eigenvalue weighted by molar-refractivity contribution is -0.121. The molecule has 2 atom stereocenters. The Morgan fingerprint density at radius 3 is 2.85 bits per heavy atom. The zero-order valence-electron chi connectivity index (χ0n) is 8.81. The molecule has 0 aromatic heterocycles. The second-order valence-electron chi connectivity index (χ2n) is 4.06. The van der Waals surface area contributed by atoms with Crippen molar-refractivity contribution in [2.75, 3.05) is 0 Å². The Morgan fingerprint density at radius 2 is 2.23 bits per heavy atom. The Bertz CT molecular complexity index is 173. The van der Waals surface area contributed by atoms with Crippen LogP contribution in [0.1, 0.15) is 53.8 Å². The van der Waals surface area contributed by atoms with Crippen LogP contribution in [0.25, 0.3) is 0 Å². The van der Waals surface area contributed by atoms with Crippen molar-refractivity contribution in [2.45, 2.75) is 58.4 Å². The third-order valence-electron chi connectivity index (χ3n) is 3.05. The van der Waals surface area contributed by atoms with Gasteiger partial charge in [-0.3, -0.25) is 4.79 Å². The normalized spacial score (nSPS) is 28.5. The molecule has 0 heterocycles. The van der Waals surface area contributed by atoms with Crippen molar-refractivity contribution in [1.82, 2.24) is 5.32 Å². The first-order valence-corrected chi connectivity index (χ1v) is 5.55. The molecule has 2 unspecified atom stereocenters. The molecule has 1 aliphatic carbocycles. The molecule has 0 spiro atoms. The van der Waals surface area contributed by atoms with Gasteiger partial charge in [0.25, 0.3) is 0 Å². The second-order valence-corrected chi connectivity index (χ2v) is 4.06. The molecule has 1 fully saturated rings. The molecule has 1 aliphatic rings. The number of carbonyl (C=O) groups is 1. The van der Waals surface area contributed by atoms with E-state index < -0.39 is 0 Å². The minimum Gasteiger partial charge on any atom is -0.353 e. The molecule has 0 aromatic rings. The fraction of sp³-hybridized carbons (Fsp3) is 0.909. The predicted molar refractivity (Wildman–Crippen MR) is 56.6 cm³/mol. The molecule has 1 rings (SSSR count). The van der Waals surface area contributed by atoms with Gasteiger partial charge in [0.1, 0.15) is 0 Å². The Hall–Kier alpha value is -0.530. The maximum absolute atomic E-state index is 11.2. The zero-order chi connectivity index (χ0) is 9.68. The molecule has 78 valence electrons. The molecule has 2 nitrogen and oxygen atoms in total. The highest BCUT2D eigenvalue weighted by atomic mass is 16.1. The van der Waals surface area contributed by atoms with Crippen molar-refractivity contribution >= 4 is 5.91 Å². The molecule has 0 radical (unpaired) electrons. The van der Waals surface area contributed by atoms with E-state index in [1.807, 2.05) is 6.92 Å². The van der Waals surface area contributed by atoms with Gasteiger partial charge in [-0.05, 0) is 18.8 Å². The van der Waals surface area contributed by atoms with Crippen LogP contribution in [0.2, 0.25) is 0 Å². The summed E-state index contributed by atoms with van der Waals surface area (Å²) in [4.78, 5) is 11.2. The lowest BCUT2D eigenvalue weighted by atomic mass is 9.84. The monoisotopic (exact) mass is 185 g/mol. The molecule has 13 heavy (non-hydrogen) atoms. The summed E-state index contributed by atoms with van der Waals surface area (Å²) >= 11 is 0. The van der Waals surface area contributed by atoms with Crippen LogP contribution in [0.4, 0.5) is 0 Å². The number of hydrogen-bond donors (Lipinski definition) is 1. The summed E-state index contributed by atoms with van der Waals surface area (Å²) in [5, 5.41) is 3.09. The smallest absolute Gasteiger partial charge is 0.219 e. The summed E-state index contributed by atoms with van der Waals surface area (Å²) in [6.07, 6.45) is 6.90. The maximum Gasteiger partial charge on any atom is 0.219 e. The van der Waals surface area contributed by atoms with E-state index in [2.05, 4.69) is 12.2 Å². The first kappa shape index (κ1) is 10.6. The minimum atomic E-state index is 0. The Morgan fingerprint density at radius 1 is 1.46 bits per heavy atom. The average molecular weight is 185 g/mol. The highest BCUT2D eigenvalue weighted by Gasteiger charge is 2.21. The molecule has 2 heteroatoms. The van der Waals surface area contributed by atoms with E-state index in [4.69, 9.17) is 0 Å². The minimum absolute atomic E-state index is 0. The molecule has 1 N–H and O–H groups in total. The van der Waals surface area contributed by atoms with Crippen LogP contribution in [0.15, 0.2) is 0 Å². The highest BCUT2D eigenvalue weighted by Crippen LogP contribution is 2.26. The van der Waals surface area contributed by atoms with Gasteiger partial charge < -0.3 is 5.32 Å². The first-order valence-electron chi connectivity index (χ1n) is 5.55. The topological polar surface area (TPSA) is 29.1 Å². The van der Waals surface area contributed by atoms with E-state index in [1.165, 1.54) is 32.1 Å². The van der Waals surface area contributed by atoms with Gasteiger partial charge >= 0.3 is 0 Å². The number of nitrogens with one attached hydrogen (secondary N) is 1. The van der Waals surface area contributed by atoms with Crippen LogP contribution in [-0.4, -0.2) is 11.9 Å². The van der Waals surface area contributed by atoms with Gasteiger partial charge in [0.2, 0.25) is 5.91 Å². The third kappa shape index (κ3) is 3.37. The van der Waals surface area contributed by atoms with Gasteiger partial charge in [-0.1, -0.05) is 33.1 Å².